The summed E-state index contributed by atoms with van der Waals surface area (Å²) in [6.45, 7) is 0. The van der Waals surface area contributed by atoms with Gasteiger partial charge in [-0.2, -0.15) is 0 Å². The van der Waals surface area contributed by atoms with Gasteiger partial charge in [0.2, 0.25) is 0 Å². The molecular weight excluding hydrogens is 825 g/mol. The summed E-state index contributed by atoms with van der Waals surface area (Å²) in [6, 6.07) is 79.0. The van der Waals surface area contributed by atoms with Gasteiger partial charge in [-0.3, -0.25) is 0 Å². The Kier molecular flexibility index (Phi) is 8.68. The van der Waals surface area contributed by atoms with Crippen molar-refractivity contribution in [3.8, 4) is 56.1 Å². The number of hydrogen-bond acceptors (Lipinski definition) is 2. The number of rotatable bonds is 6. The van der Waals surface area contributed by atoms with E-state index in [4.69, 9.17) is 9.97 Å². The lowest BCUT2D eigenvalue weighted by Gasteiger charge is -2.18. The SMILES string of the molecule is C1=Cc2c(n(-c3ccc(-c4ccc(-c5nc6ccccc6nc5-c5ccc(-c6ccc(-n7c8ccccc8c8ccccc87)c7ccccc67)cc5)cc4)c4ccccc34)c3ccccc23)CC1. The highest BCUT2D eigenvalue weighted by atomic mass is 15.0. The van der Waals surface area contributed by atoms with E-state index in [-0.39, 0.29) is 0 Å². The number of aromatic nitrogens is 4. The van der Waals surface area contributed by atoms with E-state index < -0.39 is 0 Å². The molecule has 0 amide bonds. The first-order chi connectivity index (χ1) is 33.7. The fraction of sp³-hybridized carbons (Fsp3) is 0.0312. The average Bonchev–Trinajstić information content (AvgIpc) is 3.93. The predicted octanol–water partition coefficient (Wildman–Crippen LogP) is 16.6. The van der Waals surface area contributed by atoms with E-state index in [2.05, 4.69) is 228 Å². The van der Waals surface area contributed by atoms with Crippen LogP contribution in [-0.4, -0.2) is 19.1 Å². The van der Waals surface area contributed by atoms with E-state index >= 15 is 0 Å². The van der Waals surface area contributed by atoms with Crippen molar-refractivity contribution in [2.24, 2.45) is 0 Å². The molecule has 4 heteroatoms. The summed E-state index contributed by atoms with van der Waals surface area (Å²) in [5, 5.41) is 8.72. The third-order valence-electron chi connectivity index (χ3n) is 14.2. The van der Waals surface area contributed by atoms with Crippen LogP contribution in [0.3, 0.4) is 0 Å². The molecule has 68 heavy (non-hydrogen) atoms. The highest BCUT2D eigenvalue weighted by Crippen LogP contribution is 2.42. The maximum absolute atomic E-state index is 5.30. The van der Waals surface area contributed by atoms with Gasteiger partial charge in [0.15, 0.2) is 0 Å². The lowest BCUT2D eigenvalue weighted by atomic mass is 9.94. The molecule has 13 aromatic rings. The summed E-state index contributed by atoms with van der Waals surface area (Å²) >= 11 is 0. The second-order valence-electron chi connectivity index (χ2n) is 17.9. The maximum Gasteiger partial charge on any atom is 0.0973 e. The summed E-state index contributed by atoms with van der Waals surface area (Å²) in [6.07, 6.45) is 6.70. The van der Waals surface area contributed by atoms with Crippen molar-refractivity contribution in [1.29, 1.82) is 0 Å². The fourth-order valence-electron chi connectivity index (χ4n) is 11.1. The van der Waals surface area contributed by atoms with Crippen molar-refractivity contribution in [2.45, 2.75) is 12.8 Å². The van der Waals surface area contributed by atoms with Crippen molar-refractivity contribution in [3.05, 3.63) is 236 Å². The molecule has 0 bridgehead atoms. The molecule has 3 aromatic heterocycles. The van der Waals surface area contributed by atoms with Gasteiger partial charge in [-0.15, -0.1) is 0 Å². The van der Waals surface area contributed by atoms with E-state index in [1.165, 1.54) is 88.0 Å². The lowest BCUT2D eigenvalue weighted by Crippen LogP contribution is -2.04. The smallest absolute Gasteiger partial charge is 0.0973 e. The Balaban J connectivity index is 0.842. The van der Waals surface area contributed by atoms with Crippen LogP contribution in [0.15, 0.2) is 224 Å². The molecule has 0 atom stereocenters. The molecule has 1 aliphatic carbocycles. The van der Waals surface area contributed by atoms with Crippen molar-refractivity contribution >= 4 is 71.4 Å². The molecule has 3 heterocycles. The summed E-state index contributed by atoms with van der Waals surface area (Å²) in [5.41, 5.74) is 19.0. The standard InChI is InChI=1S/C64H42N4/c1-3-17-49-47(15-1)45(37-39-61(49)67-57-25-11-5-19-51(57)52-20-6-12-26-58(52)67)41-29-33-43(34-30-41)63-64(66-56-24-10-9-23-55(56)65-63)44-35-31-42(32-36-44)46-38-40-62(50-18-4-2-16-48(46)50)68-59-27-13-7-21-53(59)54-22-8-14-28-60(54)68/h1-13,15-27,29-40H,14,28H2. The first-order valence-electron chi connectivity index (χ1n) is 23.5. The highest BCUT2D eigenvalue weighted by Gasteiger charge is 2.22. The van der Waals surface area contributed by atoms with Crippen LogP contribution in [0, 0.1) is 0 Å². The Hall–Kier alpha value is -8.86. The molecule has 0 aliphatic heterocycles. The van der Waals surface area contributed by atoms with Gasteiger partial charge in [0.05, 0.1) is 50.3 Å². The maximum atomic E-state index is 5.30. The molecule has 0 saturated carbocycles. The number of nitrogens with zero attached hydrogens (tertiary/aromatic N) is 4. The van der Waals surface area contributed by atoms with E-state index in [1.807, 2.05) is 12.1 Å². The van der Waals surface area contributed by atoms with Crippen LogP contribution in [0.4, 0.5) is 0 Å². The molecule has 0 saturated heterocycles. The fourth-order valence-corrected chi connectivity index (χ4v) is 11.1. The monoisotopic (exact) mass is 866 g/mol. The number of benzene rings is 10. The zero-order valence-corrected chi connectivity index (χ0v) is 37.1. The second-order valence-corrected chi connectivity index (χ2v) is 17.9. The minimum atomic E-state index is 0.862. The molecule has 4 nitrogen and oxygen atoms in total. The molecule has 0 fully saturated rings. The molecule has 1 aliphatic rings. The Morgan fingerprint density at radius 3 is 1.24 bits per heavy atom. The van der Waals surface area contributed by atoms with Crippen LogP contribution in [0.2, 0.25) is 0 Å². The third kappa shape index (κ3) is 5.94. The van der Waals surface area contributed by atoms with Crippen LogP contribution in [-0.2, 0) is 6.42 Å². The highest BCUT2D eigenvalue weighted by molar-refractivity contribution is 6.12. The van der Waals surface area contributed by atoms with Crippen molar-refractivity contribution < 1.29 is 0 Å². The Labute approximate surface area is 393 Å². The van der Waals surface area contributed by atoms with Crippen molar-refractivity contribution in [1.82, 2.24) is 19.1 Å². The number of hydrogen-bond donors (Lipinski definition) is 0. The van der Waals surface area contributed by atoms with Crippen LogP contribution in [0.1, 0.15) is 17.7 Å². The lowest BCUT2D eigenvalue weighted by molar-refractivity contribution is 0.892. The zero-order chi connectivity index (χ0) is 44.7. The quantitative estimate of drug-likeness (QED) is 0.167. The van der Waals surface area contributed by atoms with Gasteiger partial charge in [0, 0.05) is 49.3 Å². The first-order valence-corrected chi connectivity index (χ1v) is 23.5. The van der Waals surface area contributed by atoms with E-state index in [0.29, 0.717) is 0 Å². The Morgan fingerprint density at radius 2 is 0.721 bits per heavy atom. The minimum absolute atomic E-state index is 0.862. The van der Waals surface area contributed by atoms with Crippen LogP contribution < -0.4 is 0 Å². The van der Waals surface area contributed by atoms with Gasteiger partial charge in [-0.05, 0) is 88.3 Å². The summed E-state index contributed by atoms with van der Waals surface area (Å²) in [4.78, 5) is 10.6. The summed E-state index contributed by atoms with van der Waals surface area (Å²) in [7, 11) is 0. The van der Waals surface area contributed by atoms with Crippen molar-refractivity contribution in [3.63, 3.8) is 0 Å². The van der Waals surface area contributed by atoms with E-state index in [0.717, 1.165) is 57.5 Å². The molecule has 0 spiro atoms. The molecule has 0 N–H and O–H groups in total. The molecule has 10 aromatic carbocycles. The predicted molar refractivity (Wildman–Crippen MR) is 285 cm³/mol. The van der Waals surface area contributed by atoms with Gasteiger partial charge >= 0.3 is 0 Å². The van der Waals surface area contributed by atoms with Gasteiger partial charge < -0.3 is 9.13 Å². The van der Waals surface area contributed by atoms with Crippen LogP contribution in [0.25, 0.3) is 128 Å². The molecule has 0 radical (unpaired) electrons. The normalized spacial score (nSPS) is 12.5. The Bertz CT molecular complexity index is 4130. The van der Waals surface area contributed by atoms with E-state index in [1.54, 1.807) is 0 Å². The topological polar surface area (TPSA) is 35.6 Å². The van der Waals surface area contributed by atoms with Crippen LogP contribution >= 0.6 is 0 Å². The summed E-state index contributed by atoms with van der Waals surface area (Å²) < 4.78 is 4.92. The van der Waals surface area contributed by atoms with Crippen molar-refractivity contribution in [2.75, 3.05) is 0 Å². The summed E-state index contributed by atoms with van der Waals surface area (Å²) in [5.74, 6) is 0. The van der Waals surface area contributed by atoms with Gasteiger partial charge in [0.1, 0.15) is 0 Å². The number of fused-ring (bicyclic) bond motifs is 9. The molecule has 0 unspecified atom stereocenters. The largest absolute Gasteiger partial charge is 0.312 e. The van der Waals surface area contributed by atoms with E-state index in [9.17, 15) is 0 Å². The number of para-hydroxylation sites is 5. The Morgan fingerprint density at radius 1 is 0.324 bits per heavy atom. The van der Waals surface area contributed by atoms with Gasteiger partial charge in [-0.1, -0.05) is 188 Å². The van der Waals surface area contributed by atoms with Crippen LogP contribution in [0.5, 0.6) is 0 Å². The molecule has 14 rings (SSSR count). The van der Waals surface area contributed by atoms with Gasteiger partial charge in [-0.25, -0.2) is 9.97 Å². The minimum Gasteiger partial charge on any atom is -0.312 e. The number of allylic oxidation sites excluding steroid dienone is 1. The first kappa shape index (κ1) is 38.4. The molecule has 318 valence electrons. The average molecular weight is 867 g/mol. The second kappa shape index (κ2) is 15.4. The zero-order valence-electron chi connectivity index (χ0n) is 37.1. The molecular formula is C64H42N4. The third-order valence-corrected chi connectivity index (χ3v) is 14.2. The van der Waals surface area contributed by atoms with Gasteiger partial charge in [0.25, 0.3) is 0 Å².